The molecule has 106 valence electrons. The lowest BCUT2D eigenvalue weighted by atomic mass is 9.54. The number of likely N-dealkylation sites (N-methyl/N-ethyl adjacent to an activating group) is 1. The van der Waals surface area contributed by atoms with Gasteiger partial charge in [-0.1, -0.05) is 12.8 Å². The Bertz CT molecular complexity index is 370. The molecule has 3 fully saturated rings. The maximum absolute atomic E-state index is 12.5. The van der Waals surface area contributed by atoms with Crippen molar-refractivity contribution in [2.24, 2.45) is 5.41 Å². The average Bonchev–Trinajstić information content (AvgIpc) is 2.30. The van der Waals surface area contributed by atoms with E-state index in [1.807, 2.05) is 7.05 Å². The van der Waals surface area contributed by atoms with Crippen molar-refractivity contribution in [3.63, 3.8) is 0 Å². The summed E-state index contributed by atoms with van der Waals surface area (Å²) in [6, 6.07) is 0.109. The Hall–Kier alpha value is -0.900. The highest BCUT2D eigenvalue weighted by atomic mass is 16.2. The summed E-state index contributed by atoms with van der Waals surface area (Å²) in [4.78, 5) is 27.5. The van der Waals surface area contributed by atoms with Crippen molar-refractivity contribution >= 4 is 12.3 Å². The Labute approximate surface area is 115 Å². The Morgan fingerprint density at radius 3 is 2.53 bits per heavy atom. The van der Waals surface area contributed by atoms with Crippen LogP contribution in [0.4, 0.5) is 0 Å². The van der Waals surface area contributed by atoms with Crippen LogP contribution in [0.15, 0.2) is 0 Å². The smallest absolute Gasteiger partial charge is 0.246 e. The molecule has 4 heteroatoms. The summed E-state index contributed by atoms with van der Waals surface area (Å²) in [6.07, 6.45) is 9.96. The molecule has 2 aliphatic carbocycles. The number of piperidine rings is 1. The zero-order valence-electron chi connectivity index (χ0n) is 11.8. The number of hydrogen-bond acceptors (Lipinski definition) is 3. The largest absolute Gasteiger partial charge is 0.295 e. The summed E-state index contributed by atoms with van der Waals surface area (Å²) in [7, 11) is 2.00. The molecule has 0 aromatic rings. The molecule has 0 radical (unpaired) electrons. The van der Waals surface area contributed by atoms with Gasteiger partial charge in [0.25, 0.3) is 0 Å². The quantitative estimate of drug-likeness (QED) is 0.730. The number of amides is 2. The second-order valence-corrected chi connectivity index (χ2v) is 6.76. The van der Waals surface area contributed by atoms with Gasteiger partial charge in [-0.25, -0.2) is 0 Å². The summed E-state index contributed by atoms with van der Waals surface area (Å²) < 4.78 is 0. The second kappa shape index (κ2) is 4.89. The minimum atomic E-state index is -0.0723. The van der Waals surface area contributed by atoms with Crippen LogP contribution >= 0.6 is 0 Å². The topological polar surface area (TPSA) is 40.6 Å². The molecule has 1 aliphatic heterocycles. The number of imide groups is 1. The lowest BCUT2D eigenvalue weighted by molar-refractivity contribution is -0.154. The molecule has 1 saturated heterocycles. The maximum atomic E-state index is 12.5. The van der Waals surface area contributed by atoms with Crippen molar-refractivity contribution < 1.29 is 9.59 Å². The van der Waals surface area contributed by atoms with Gasteiger partial charge in [0, 0.05) is 6.04 Å². The van der Waals surface area contributed by atoms with Gasteiger partial charge in [0.05, 0.1) is 6.04 Å². The molecule has 0 bridgehead atoms. The second-order valence-electron chi connectivity index (χ2n) is 6.76. The maximum Gasteiger partial charge on any atom is 0.246 e. The van der Waals surface area contributed by atoms with Crippen molar-refractivity contribution in [3.05, 3.63) is 0 Å². The molecule has 2 amide bonds. The Morgan fingerprint density at radius 2 is 2.00 bits per heavy atom. The lowest BCUT2D eigenvalue weighted by Crippen LogP contribution is -2.59. The number of nitrogens with zero attached hydrogens (tertiary/aromatic N) is 2. The molecule has 1 heterocycles. The van der Waals surface area contributed by atoms with Crippen LogP contribution in [0.3, 0.4) is 0 Å². The molecule has 3 aliphatic rings. The van der Waals surface area contributed by atoms with Gasteiger partial charge in [-0.2, -0.15) is 0 Å². The fraction of sp³-hybridized carbons (Fsp3) is 0.867. The van der Waals surface area contributed by atoms with Crippen LogP contribution < -0.4 is 0 Å². The van der Waals surface area contributed by atoms with Crippen molar-refractivity contribution in [1.82, 2.24) is 9.80 Å². The molecular weight excluding hydrogens is 240 g/mol. The van der Waals surface area contributed by atoms with Crippen LogP contribution in [0.1, 0.15) is 51.4 Å². The number of carbonyl (C=O) groups excluding carboxylic acids is 2. The molecule has 0 aromatic heterocycles. The van der Waals surface area contributed by atoms with Crippen molar-refractivity contribution in [2.75, 3.05) is 13.6 Å². The van der Waals surface area contributed by atoms with Gasteiger partial charge in [0.2, 0.25) is 12.3 Å². The molecule has 1 spiro atoms. The first-order valence-corrected chi connectivity index (χ1v) is 7.63. The molecule has 1 atom stereocenters. The van der Waals surface area contributed by atoms with Gasteiger partial charge < -0.3 is 0 Å². The highest BCUT2D eigenvalue weighted by Gasteiger charge is 2.51. The normalized spacial score (nSPS) is 30.5. The van der Waals surface area contributed by atoms with Gasteiger partial charge >= 0.3 is 0 Å². The van der Waals surface area contributed by atoms with Crippen LogP contribution in [0.25, 0.3) is 0 Å². The first-order valence-electron chi connectivity index (χ1n) is 7.63. The predicted molar refractivity (Wildman–Crippen MR) is 72.5 cm³/mol. The van der Waals surface area contributed by atoms with Gasteiger partial charge in [-0.05, 0) is 57.5 Å². The number of carbonyl (C=O) groups is 2. The van der Waals surface area contributed by atoms with Gasteiger partial charge in [0.15, 0.2) is 0 Å². The van der Waals surface area contributed by atoms with Gasteiger partial charge in [-0.3, -0.25) is 19.4 Å². The molecule has 19 heavy (non-hydrogen) atoms. The first kappa shape index (κ1) is 13.1. The zero-order valence-corrected chi connectivity index (χ0v) is 11.8. The number of rotatable bonds is 3. The van der Waals surface area contributed by atoms with Gasteiger partial charge in [0.1, 0.15) is 0 Å². The highest BCUT2D eigenvalue weighted by Crippen LogP contribution is 2.57. The third-order valence-electron chi connectivity index (χ3n) is 5.57. The summed E-state index contributed by atoms with van der Waals surface area (Å²) in [5, 5.41) is 0. The molecule has 3 rings (SSSR count). The summed E-state index contributed by atoms with van der Waals surface area (Å²) in [6.45, 7) is 0.970. The summed E-state index contributed by atoms with van der Waals surface area (Å²) >= 11 is 0. The van der Waals surface area contributed by atoms with E-state index in [2.05, 4.69) is 4.90 Å². The molecule has 2 saturated carbocycles. The van der Waals surface area contributed by atoms with Crippen LogP contribution in [-0.4, -0.2) is 47.8 Å². The first-order chi connectivity index (χ1) is 9.15. The standard InChI is InChI=1S/C15H24N2O2/c1-16-8-3-2-5-13(16)14(19)17(11-18)12-9-15(10-12)6-4-7-15/h11-13H,2-10H2,1H3. The van der Waals surface area contributed by atoms with Gasteiger partial charge in [-0.15, -0.1) is 0 Å². The Kier molecular flexibility index (Phi) is 3.37. The third-order valence-corrected chi connectivity index (χ3v) is 5.57. The molecule has 1 unspecified atom stereocenters. The van der Waals surface area contributed by atoms with E-state index >= 15 is 0 Å². The molecular formula is C15H24N2O2. The lowest BCUT2D eigenvalue weighted by Gasteiger charge is -2.56. The Morgan fingerprint density at radius 1 is 1.26 bits per heavy atom. The average molecular weight is 264 g/mol. The minimum Gasteiger partial charge on any atom is -0.295 e. The van der Waals surface area contributed by atoms with E-state index in [0.29, 0.717) is 5.41 Å². The van der Waals surface area contributed by atoms with Crippen molar-refractivity contribution in [1.29, 1.82) is 0 Å². The van der Waals surface area contributed by atoms with E-state index in [4.69, 9.17) is 0 Å². The number of likely N-dealkylation sites (tertiary alicyclic amines) is 1. The summed E-state index contributed by atoms with van der Waals surface area (Å²) in [5.41, 5.74) is 0.505. The molecule has 0 N–H and O–H groups in total. The van der Waals surface area contributed by atoms with E-state index in [9.17, 15) is 9.59 Å². The number of hydrogen-bond donors (Lipinski definition) is 0. The van der Waals surface area contributed by atoms with Crippen LogP contribution in [0, 0.1) is 5.41 Å². The zero-order chi connectivity index (χ0) is 13.5. The third kappa shape index (κ3) is 2.20. The van der Waals surface area contributed by atoms with Crippen LogP contribution in [0.2, 0.25) is 0 Å². The predicted octanol–water partition coefficient (Wildman–Crippen LogP) is 1.79. The fourth-order valence-electron chi connectivity index (χ4n) is 4.10. The van der Waals surface area contributed by atoms with Crippen LogP contribution in [0.5, 0.6) is 0 Å². The van der Waals surface area contributed by atoms with Crippen LogP contribution in [-0.2, 0) is 9.59 Å². The SMILES string of the molecule is CN1CCCCC1C(=O)N(C=O)C1CC2(CCC2)C1. The highest BCUT2D eigenvalue weighted by molar-refractivity contribution is 5.90. The molecule has 0 aromatic carbocycles. The van der Waals surface area contributed by atoms with Crippen molar-refractivity contribution in [2.45, 2.75) is 63.5 Å². The van der Waals surface area contributed by atoms with E-state index in [1.54, 1.807) is 0 Å². The molecule has 4 nitrogen and oxygen atoms in total. The van der Waals surface area contributed by atoms with Crippen molar-refractivity contribution in [3.8, 4) is 0 Å². The Balaban J connectivity index is 1.62. The van der Waals surface area contributed by atoms with E-state index in [0.717, 1.165) is 45.1 Å². The monoisotopic (exact) mass is 264 g/mol. The fourth-order valence-corrected chi connectivity index (χ4v) is 4.10. The summed E-state index contributed by atoms with van der Waals surface area (Å²) in [5.74, 6) is 0.0383. The minimum absolute atomic E-state index is 0.0383. The van der Waals surface area contributed by atoms with E-state index < -0.39 is 0 Å². The van der Waals surface area contributed by atoms with E-state index in [-0.39, 0.29) is 18.0 Å². The van der Waals surface area contributed by atoms with E-state index in [1.165, 1.54) is 24.2 Å².